The van der Waals surface area contributed by atoms with Gasteiger partial charge in [0.2, 0.25) is 0 Å². The minimum absolute atomic E-state index is 0.0814. The molecule has 0 saturated carbocycles. The van der Waals surface area contributed by atoms with Crippen molar-refractivity contribution < 1.29 is 4.92 Å². The maximum atomic E-state index is 10.1. The average Bonchev–Trinajstić information content (AvgIpc) is 1.88. The molecular formula is C6H3NO2S. The molecule has 0 aromatic carbocycles. The van der Waals surface area contributed by atoms with Crippen LogP contribution in [0.25, 0.3) is 0 Å². The largest absolute Gasteiger partial charge is 0.314 e. The Labute approximate surface area is 62.6 Å². The van der Waals surface area contributed by atoms with E-state index < -0.39 is 10.2 Å². The van der Waals surface area contributed by atoms with Crippen molar-refractivity contribution in [3.8, 4) is 0 Å². The number of rotatable bonds is 1. The molecule has 0 bridgehead atoms. The molecule has 1 aliphatic carbocycles. The Kier molecular flexibility index (Phi) is 1.81. The SMILES string of the molecule is O=[N+]([O-])C1=C=C=C=CC1S. The summed E-state index contributed by atoms with van der Waals surface area (Å²) in [5.41, 5.74) is 7.13. The summed E-state index contributed by atoms with van der Waals surface area (Å²) < 4.78 is 0. The summed E-state index contributed by atoms with van der Waals surface area (Å²) in [6.07, 6.45) is 1.46. The van der Waals surface area contributed by atoms with Gasteiger partial charge in [0.25, 0.3) is 0 Å². The number of hydrogen-bond acceptors (Lipinski definition) is 3. The van der Waals surface area contributed by atoms with Crippen molar-refractivity contribution in [3.63, 3.8) is 0 Å². The van der Waals surface area contributed by atoms with E-state index in [9.17, 15) is 10.1 Å². The van der Waals surface area contributed by atoms with Gasteiger partial charge in [-0.2, -0.15) is 12.6 Å². The van der Waals surface area contributed by atoms with Gasteiger partial charge >= 0.3 is 5.70 Å². The van der Waals surface area contributed by atoms with Gasteiger partial charge in [-0.15, -0.1) is 0 Å². The molecule has 0 aromatic rings. The van der Waals surface area contributed by atoms with Gasteiger partial charge in [-0.3, -0.25) is 10.1 Å². The Morgan fingerprint density at radius 1 is 1.80 bits per heavy atom. The van der Waals surface area contributed by atoms with Crippen LogP contribution >= 0.6 is 12.6 Å². The highest BCUT2D eigenvalue weighted by Gasteiger charge is 2.18. The zero-order chi connectivity index (χ0) is 7.56. The maximum Gasteiger partial charge on any atom is 0.314 e. The fourth-order valence-electron chi connectivity index (χ4n) is 0.527. The van der Waals surface area contributed by atoms with Crippen LogP contribution in [0.3, 0.4) is 0 Å². The van der Waals surface area contributed by atoms with Crippen LogP contribution < -0.4 is 0 Å². The highest BCUT2D eigenvalue weighted by atomic mass is 32.1. The van der Waals surface area contributed by atoms with Crippen LogP contribution in [-0.2, 0) is 0 Å². The molecule has 10 heavy (non-hydrogen) atoms. The first-order valence-electron chi connectivity index (χ1n) is 2.51. The first-order chi connectivity index (χ1) is 4.72. The van der Waals surface area contributed by atoms with Gasteiger partial charge in [-0.25, -0.2) is 0 Å². The molecule has 0 aromatic heterocycles. The van der Waals surface area contributed by atoms with E-state index >= 15 is 0 Å². The zero-order valence-corrected chi connectivity index (χ0v) is 5.76. The highest BCUT2D eigenvalue weighted by Crippen LogP contribution is 2.10. The van der Waals surface area contributed by atoms with Gasteiger partial charge in [-0.05, 0) is 11.8 Å². The molecule has 0 radical (unpaired) electrons. The van der Waals surface area contributed by atoms with Crippen molar-refractivity contribution in [3.05, 3.63) is 39.1 Å². The molecule has 0 aliphatic heterocycles. The van der Waals surface area contributed by atoms with E-state index in [1.165, 1.54) is 6.08 Å². The number of nitro groups is 1. The lowest BCUT2D eigenvalue weighted by atomic mass is 10.3. The summed E-state index contributed by atoms with van der Waals surface area (Å²) in [7, 11) is 0. The Bertz CT molecular complexity index is 302. The Morgan fingerprint density at radius 3 is 2.90 bits per heavy atom. The van der Waals surface area contributed by atoms with Crippen LogP contribution in [0.1, 0.15) is 0 Å². The van der Waals surface area contributed by atoms with Gasteiger partial charge < -0.3 is 0 Å². The Hall–Kier alpha value is -1.17. The van der Waals surface area contributed by atoms with Gasteiger partial charge in [0.05, 0.1) is 4.92 Å². The molecule has 0 heterocycles. The predicted octanol–water partition coefficient (Wildman–Crippen LogP) is 0.924. The third kappa shape index (κ3) is 1.21. The third-order valence-corrected chi connectivity index (χ3v) is 1.37. The first-order valence-corrected chi connectivity index (χ1v) is 3.02. The zero-order valence-electron chi connectivity index (χ0n) is 4.87. The van der Waals surface area contributed by atoms with Crippen molar-refractivity contribution in [1.82, 2.24) is 0 Å². The van der Waals surface area contributed by atoms with Crippen LogP contribution in [0.15, 0.2) is 29.0 Å². The summed E-state index contributed by atoms with van der Waals surface area (Å²) in [4.78, 5) is 9.61. The van der Waals surface area contributed by atoms with Gasteiger partial charge in [0, 0.05) is 5.73 Å². The van der Waals surface area contributed by atoms with Crippen LogP contribution in [0.4, 0.5) is 0 Å². The minimum Gasteiger partial charge on any atom is -0.258 e. The molecule has 1 aliphatic rings. The fraction of sp³-hybridized carbons (Fsp3) is 0.167. The second-order valence-corrected chi connectivity index (χ2v) is 2.20. The molecule has 0 N–H and O–H groups in total. The topological polar surface area (TPSA) is 43.1 Å². The van der Waals surface area contributed by atoms with Gasteiger partial charge in [0.1, 0.15) is 5.25 Å². The lowest BCUT2D eigenvalue weighted by Gasteiger charge is -1.97. The van der Waals surface area contributed by atoms with E-state index in [1.807, 2.05) is 0 Å². The summed E-state index contributed by atoms with van der Waals surface area (Å²) in [5, 5.41) is 9.63. The first kappa shape index (κ1) is 6.94. The molecule has 0 saturated heterocycles. The fourth-order valence-corrected chi connectivity index (χ4v) is 0.761. The highest BCUT2D eigenvalue weighted by molar-refractivity contribution is 7.81. The molecule has 4 heteroatoms. The van der Waals surface area contributed by atoms with E-state index in [0.29, 0.717) is 0 Å². The lowest BCUT2D eigenvalue weighted by molar-refractivity contribution is -0.425. The summed E-state index contributed by atoms with van der Waals surface area (Å²) in [5.74, 6) is 0. The molecule has 50 valence electrons. The van der Waals surface area contributed by atoms with Gasteiger partial charge in [0.15, 0.2) is 0 Å². The second-order valence-electron chi connectivity index (χ2n) is 1.65. The van der Waals surface area contributed by atoms with Crippen LogP contribution in [0, 0.1) is 10.1 Å². The predicted molar refractivity (Wildman–Crippen MR) is 38.4 cm³/mol. The van der Waals surface area contributed by atoms with E-state index in [0.717, 1.165) is 0 Å². The average molecular weight is 153 g/mol. The number of nitrogens with zero attached hydrogens (tertiary/aromatic N) is 1. The quantitative estimate of drug-likeness (QED) is 0.263. The van der Waals surface area contributed by atoms with Crippen LogP contribution in [0.5, 0.6) is 0 Å². The normalized spacial score (nSPS) is 20.9. The van der Waals surface area contributed by atoms with E-state index in [1.54, 1.807) is 0 Å². The summed E-state index contributed by atoms with van der Waals surface area (Å²) in [6, 6.07) is 0. The minimum atomic E-state index is -0.526. The number of hydrogen-bond donors (Lipinski definition) is 1. The molecular weight excluding hydrogens is 150 g/mol. The second kappa shape index (κ2) is 2.61. The third-order valence-electron chi connectivity index (χ3n) is 0.981. The van der Waals surface area contributed by atoms with Crippen molar-refractivity contribution in [2.24, 2.45) is 0 Å². The summed E-state index contributed by atoms with van der Waals surface area (Å²) >= 11 is 3.90. The standard InChI is InChI=1S/C6H3NO2S/c8-7(9)5-3-1-2-4-6(5)10/h4,6,10H. The summed E-state index contributed by atoms with van der Waals surface area (Å²) in [6.45, 7) is 0. The maximum absolute atomic E-state index is 10.1. The lowest BCUT2D eigenvalue weighted by Crippen LogP contribution is -2.08. The van der Waals surface area contributed by atoms with Crippen molar-refractivity contribution in [1.29, 1.82) is 0 Å². The van der Waals surface area contributed by atoms with Crippen molar-refractivity contribution >= 4 is 12.6 Å². The molecule has 0 amide bonds. The van der Waals surface area contributed by atoms with Crippen LogP contribution in [-0.4, -0.2) is 10.2 Å². The molecule has 0 spiro atoms. The van der Waals surface area contributed by atoms with Crippen LogP contribution in [0.2, 0.25) is 0 Å². The van der Waals surface area contributed by atoms with E-state index in [-0.39, 0.29) is 5.70 Å². The molecule has 0 fully saturated rings. The van der Waals surface area contributed by atoms with E-state index in [2.05, 4.69) is 29.8 Å². The molecule has 1 unspecified atom stereocenters. The Morgan fingerprint density at radius 2 is 2.50 bits per heavy atom. The van der Waals surface area contributed by atoms with Gasteiger partial charge in [-0.1, -0.05) is 5.73 Å². The number of thiol groups is 1. The van der Waals surface area contributed by atoms with E-state index in [4.69, 9.17) is 0 Å². The Balaban J connectivity index is 3.11. The molecule has 1 rings (SSSR count). The van der Waals surface area contributed by atoms with Crippen molar-refractivity contribution in [2.75, 3.05) is 0 Å². The molecule has 1 atom stereocenters. The monoisotopic (exact) mass is 153 g/mol. The smallest absolute Gasteiger partial charge is 0.258 e. The van der Waals surface area contributed by atoms with Crippen molar-refractivity contribution in [2.45, 2.75) is 5.25 Å². The molecule has 3 nitrogen and oxygen atoms in total.